The van der Waals surface area contributed by atoms with Crippen molar-refractivity contribution in [2.75, 3.05) is 7.05 Å². The molecule has 10 heteroatoms. The molecule has 138 valence electrons. The zero-order valence-electron chi connectivity index (χ0n) is 13.1. The third-order valence-electron chi connectivity index (χ3n) is 3.94. The predicted octanol–water partition coefficient (Wildman–Crippen LogP) is 1.13. The highest BCUT2D eigenvalue weighted by Gasteiger charge is 2.57. The zero-order valence-corrected chi connectivity index (χ0v) is 13.9. The van der Waals surface area contributed by atoms with Crippen LogP contribution >= 0.6 is 11.8 Å². The molecule has 0 spiro atoms. The minimum absolute atomic E-state index is 0.0107. The summed E-state index contributed by atoms with van der Waals surface area (Å²) in [5.41, 5.74) is -0.838. The number of aliphatic imine (C=N–C) groups is 1. The minimum Gasteiger partial charge on any atom is -0.478 e. The Labute approximate surface area is 146 Å². The number of nitrogens with zero attached hydrogens (tertiary/aromatic N) is 1. The van der Waals surface area contributed by atoms with Gasteiger partial charge in [0.05, 0.1) is 0 Å². The number of para-hydroxylation sites is 1. The molecule has 3 rings (SSSR count). The van der Waals surface area contributed by atoms with Gasteiger partial charge in [-0.25, -0.2) is 0 Å². The topological polar surface area (TPSA) is 83.3 Å². The Morgan fingerprint density at radius 1 is 1.24 bits per heavy atom. The van der Waals surface area contributed by atoms with Crippen LogP contribution in [0.4, 0.5) is 13.2 Å². The van der Waals surface area contributed by atoms with Gasteiger partial charge in [0.2, 0.25) is 6.10 Å². The van der Waals surface area contributed by atoms with Gasteiger partial charge in [0, 0.05) is 7.05 Å². The minimum atomic E-state index is -4.80. The zero-order chi connectivity index (χ0) is 18.2. The van der Waals surface area contributed by atoms with Gasteiger partial charge in [-0.1, -0.05) is 30.0 Å². The molecule has 6 atom stereocenters. The summed E-state index contributed by atoms with van der Waals surface area (Å²) in [5, 5.41) is 23.6. The second kappa shape index (κ2) is 7.02. The van der Waals surface area contributed by atoms with Crippen LogP contribution in [0.15, 0.2) is 35.3 Å². The lowest BCUT2D eigenvalue weighted by Gasteiger charge is -2.41. The van der Waals surface area contributed by atoms with E-state index in [1.807, 2.05) is 0 Å². The largest absolute Gasteiger partial charge is 0.478 e. The predicted molar refractivity (Wildman–Crippen MR) is 85.5 cm³/mol. The van der Waals surface area contributed by atoms with Crippen molar-refractivity contribution in [3.63, 3.8) is 0 Å². The van der Waals surface area contributed by atoms with Crippen LogP contribution in [0, 0.1) is 0 Å². The van der Waals surface area contributed by atoms with Crippen molar-refractivity contribution in [3.8, 4) is 5.75 Å². The molecule has 1 saturated heterocycles. The smallest absolute Gasteiger partial charge is 0.428 e. The summed E-state index contributed by atoms with van der Waals surface area (Å²) < 4.78 is 51.1. The number of halogens is 3. The lowest BCUT2D eigenvalue weighted by atomic mass is 9.94. The molecule has 2 heterocycles. The van der Waals surface area contributed by atoms with E-state index < -0.39 is 42.1 Å². The molecule has 3 N–H and O–H groups in total. The van der Waals surface area contributed by atoms with Crippen LogP contribution in [-0.4, -0.2) is 64.5 Å². The van der Waals surface area contributed by atoms with Gasteiger partial charge >= 0.3 is 6.18 Å². The quantitative estimate of drug-likeness (QED) is 0.732. The van der Waals surface area contributed by atoms with E-state index in [0.717, 1.165) is 11.8 Å². The van der Waals surface area contributed by atoms with E-state index >= 15 is 0 Å². The maximum Gasteiger partial charge on any atom is 0.428 e. The first kappa shape index (κ1) is 18.3. The van der Waals surface area contributed by atoms with Crippen molar-refractivity contribution in [2.45, 2.75) is 42.1 Å². The van der Waals surface area contributed by atoms with E-state index in [1.54, 1.807) is 13.1 Å². The van der Waals surface area contributed by atoms with Crippen molar-refractivity contribution >= 4 is 16.9 Å². The fourth-order valence-corrected chi connectivity index (χ4v) is 3.79. The van der Waals surface area contributed by atoms with Crippen LogP contribution in [0.1, 0.15) is 0 Å². The number of amidine groups is 1. The lowest BCUT2D eigenvalue weighted by Crippen LogP contribution is -2.62. The molecule has 0 radical (unpaired) electrons. The molecule has 1 aromatic rings. The van der Waals surface area contributed by atoms with E-state index in [2.05, 4.69) is 10.3 Å². The fourth-order valence-electron chi connectivity index (χ4n) is 2.72. The van der Waals surface area contributed by atoms with E-state index in [4.69, 9.17) is 9.47 Å². The molecule has 0 saturated carbocycles. The van der Waals surface area contributed by atoms with Crippen molar-refractivity contribution in [1.82, 2.24) is 5.32 Å². The number of aliphatic hydroxyl groups excluding tert-OH is 2. The van der Waals surface area contributed by atoms with Gasteiger partial charge in [-0.05, 0) is 12.1 Å². The van der Waals surface area contributed by atoms with E-state index in [0.29, 0.717) is 5.17 Å². The lowest BCUT2D eigenvalue weighted by molar-refractivity contribution is -0.263. The van der Waals surface area contributed by atoms with Gasteiger partial charge in [0.1, 0.15) is 35.5 Å². The number of hydrogen-bond acceptors (Lipinski definition) is 7. The average molecular weight is 378 g/mol. The van der Waals surface area contributed by atoms with E-state index in [9.17, 15) is 23.4 Å². The molecule has 2 aliphatic rings. The van der Waals surface area contributed by atoms with Crippen LogP contribution in [0.3, 0.4) is 0 Å². The van der Waals surface area contributed by atoms with Crippen LogP contribution < -0.4 is 10.1 Å². The van der Waals surface area contributed by atoms with Gasteiger partial charge in [-0.2, -0.15) is 13.2 Å². The fraction of sp³-hybridized carbons (Fsp3) is 0.533. The van der Waals surface area contributed by atoms with Crippen molar-refractivity contribution in [1.29, 1.82) is 0 Å². The second-order valence-electron chi connectivity index (χ2n) is 5.64. The molecule has 0 aromatic heterocycles. The van der Waals surface area contributed by atoms with Crippen molar-refractivity contribution < 1.29 is 32.9 Å². The number of alkyl halides is 3. The number of aliphatic hydroxyl groups is 2. The highest BCUT2D eigenvalue weighted by Crippen LogP contribution is 2.40. The number of nitrogens with one attached hydrogen (secondary N) is 1. The molecule has 0 aliphatic carbocycles. The van der Waals surface area contributed by atoms with E-state index in [-0.39, 0.29) is 5.75 Å². The van der Waals surface area contributed by atoms with Crippen LogP contribution in [0.5, 0.6) is 5.75 Å². The Kier molecular flexibility index (Phi) is 5.14. The van der Waals surface area contributed by atoms with E-state index in [1.165, 1.54) is 24.3 Å². The Hall–Kier alpha value is -1.49. The summed E-state index contributed by atoms with van der Waals surface area (Å²) in [4.78, 5) is 4.11. The summed E-state index contributed by atoms with van der Waals surface area (Å²) >= 11 is 1.06. The SMILES string of the molecule is CNC1=N[C@@H]2[C@@H](O)[C@H](O)[C@@H](C(Oc3ccccc3)C(F)(F)F)O[C@@H]2S1. The summed E-state index contributed by atoms with van der Waals surface area (Å²) in [6, 6.07) is 6.61. The van der Waals surface area contributed by atoms with Crippen molar-refractivity contribution in [2.24, 2.45) is 4.99 Å². The first-order valence-corrected chi connectivity index (χ1v) is 8.41. The molecule has 6 nitrogen and oxygen atoms in total. The van der Waals surface area contributed by atoms with Crippen LogP contribution in [-0.2, 0) is 4.74 Å². The van der Waals surface area contributed by atoms with Crippen LogP contribution in [0.2, 0.25) is 0 Å². The molecular weight excluding hydrogens is 361 g/mol. The highest BCUT2D eigenvalue weighted by atomic mass is 32.2. The molecule has 0 amide bonds. The summed E-state index contributed by atoms with van der Waals surface area (Å²) in [6.45, 7) is 0. The van der Waals surface area contributed by atoms with Gasteiger partial charge in [0.15, 0.2) is 5.17 Å². The molecular formula is C15H17F3N2O4S. The van der Waals surface area contributed by atoms with Crippen LogP contribution in [0.25, 0.3) is 0 Å². The Morgan fingerprint density at radius 3 is 2.52 bits per heavy atom. The number of thioether (sulfide) groups is 1. The second-order valence-corrected chi connectivity index (χ2v) is 6.72. The highest BCUT2D eigenvalue weighted by molar-refractivity contribution is 8.14. The molecule has 2 aliphatic heterocycles. The summed E-state index contributed by atoms with van der Waals surface area (Å²) in [7, 11) is 1.60. The van der Waals surface area contributed by atoms with Gasteiger partial charge in [0.25, 0.3) is 0 Å². The number of ether oxygens (including phenoxy) is 2. The molecule has 0 bridgehead atoms. The molecule has 1 unspecified atom stereocenters. The number of hydrogen-bond donors (Lipinski definition) is 3. The maximum absolute atomic E-state index is 13.5. The first-order chi connectivity index (χ1) is 11.8. The number of rotatable bonds is 3. The molecule has 1 fully saturated rings. The molecule has 25 heavy (non-hydrogen) atoms. The molecule has 1 aromatic carbocycles. The summed E-state index contributed by atoms with van der Waals surface area (Å²) in [6.07, 6.45) is -12.3. The summed E-state index contributed by atoms with van der Waals surface area (Å²) in [5.74, 6) is -0.0107. The Morgan fingerprint density at radius 2 is 1.92 bits per heavy atom. The number of benzene rings is 1. The van der Waals surface area contributed by atoms with Crippen molar-refractivity contribution in [3.05, 3.63) is 30.3 Å². The Balaban J connectivity index is 1.84. The van der Waals surface area contributed by atoms with Gasteiger partial charge in [-0.3, -0.25) is 4.99 Å². The van der Waals surface area contributed by atoms with Gasteiger partial charge in [-0.15, -0.1) is 0 Å². The maximum atomic E-state index is 13.5. The first-order valence-electron chi connectivity index (χ1n) is 7.53. The number of fused-ring (bicyclic) bond motifs is 1. The van der Waals surface area contributed by atoms with Gasteiger partial charge < -0.3 is 25.0 Å². The standard InChI is InChI=1S/C15H17F3N2O4S/c1-19-14-20-8-9(21)10(22)11(24-13(8)25-14)12(15(16,17)18)23-7-5-3-2-4-6-7/h2-6,8-13,21-22H,1H3,(H,19,20)/t8-,9-,10+,11+,12?,13-/m1/s1. The monoisotopic (exact) mass is 378 g/mol. The Bertz CT molecular complexity index is 631. The third kappa shape index (κ3) is 3.71. The third-order valence-corrected chi connectivity index (χ3v) is 5.10. The average Bonchev–Trinajstić information content (AvgIpc) is 3.00. The normalized spacial score (nSPS) is 33.4.